The molecule has 0 amide bonds. The second-order valence-electron chi connectivity index (χ2n) is 0.600. The van der Waals surface area contributed by atoms with Crippen molar-refractivity contribution in [3.05, 3.63) is 0 Å². The van der Waals surface area contributed by atoms with Gasteiger partial charge in [0.1, 0.15) is 0 Å². The van der Waals surface area contributed by atoms with Gasteiger partial charge < -0.3 is 25.3 Å². The summed E-state index contributed by atoms with van der Waals surface area (Å²) in [4.78, 5) is 29.3. The molecular formula is H9CaNO4Si. The van der Waals surface area contributed by atoms with E-state index >= 15 is 0 Å². The van der Waals surface area contributed by atoms with Gasteiger partial charge in [0.05, 0.1) is 0 Å². The van der Waals surface area contributed by atoms with Crippen molar-refractivity contribution in [3.8, 4) is 0 Å². The Bertz CT molecular complexity index is 27.2. The summed E-state index contributed by atoms with van der Waals surface area (Å²) >= 11 is 0. The van der Waals surface area contributed by atoms with E-state index in [1.807, 2.05) is 0 Å². The van der Waals surface area contributed by atoms with Gasteiger partial charge in [-0.2, -0.15) is 0 Å². The zero-order valence-electron chi connectivity index (χ0n) is 3.00. The first-order valence-electron chi connectivity index (χ1n) is 0.894. The van der Waals surface area contributed by atoms with Gasteiger partial charge in [0, 0.05) is 0 Å². The van der Waals surface area contributed by atoms with E-state index < -0.39 is 9.05 Å². The van der Waals surface area contributed by atoms with Crippen LogP contribution in [-0.2, 0) is 0 Å². The molecule has 0 radical (unpaired) electrons. The normalized spacial score (nSPS) is 8.57. The predicted octanol–water partition coefficient (Wildman–Crippen LogP) is -3.36. The third-order valence-electron chi connectivity index (χ3n) is 0. The van der Waals surface area contributed by atoms with Crippen LogP contribution in [0.5, 0.6) is 0 Å². The van der Waals surface area contributed by atoms with Gasteiger partial charge in [-0.05, 0) is 0 Å². The molecule has 5 nitrogen and oxygen atoms in total. The molecule has 0 unspecified atom stereocenters. The van der Waals surface area contributed by atoms with Crippen LogP contribution in [0, 0.1) is 0 Å². The standard InChI is InChI=1S/Ca.H3N.H4O4Si.2H/c;;1-5(2,3)4;;/h;1H3;1-4H;;. The summed E-state index contributed by atoms with van der Waals surface area (Å²) in [7, 11) is -4.61. The number of hydrogen-bond acceptors (Lipinski definition) is 5. The van der Waals surface area contributed by atoms with Gasteiger partial charge in [-0.3, -0.25) is 0 Å². The maximum atomic E-state index is 7.33. The molecule has 0 heterocycles. The minimum atomic E-state index is -4.61. The van der Waals surface area contributed by atoms with Crippen LogP contribution in [-0.4, -0.2) is 66.0 Å². The Morgan fingerprint density at radius 2 is 0.857 bits per heavy atom. The minimum absolute atomic E-state index is 0. The van der Waals surface area contributed by atoms with Crippen LogP contribution >= 0.6 is 0 Å². The summed E-state index contributed by atoms with van der Waals surface area (Å²) < 4.78 is 0. The third kappa shape index (κ3) is 124. The summed E-state index contributed by atoms with van der Waals surface area (Å²) in [6, 6.07) is 0. The monoisotopic (exact) mass is 155 g/mol. The molecule has 0 aliphatic rings. The van der Waals surface area contributed by atoms with Crippen LogP contribution in [0.2, 0.25) is 0 Å². The molecule has 0 atom stereocenters. The SMILES string of the molecule is N.O[Si](O)(O)O.[CaH2]. The van der Waals surface area contributed by atoms with Crippen LogP contribution in [0.15, 0.2) is 0 Å². The zero-order valence-corrected chi connectivity index (χ0v) is 4.00. The first-order valence-corrected chi connectivity index (χ1v) is 2.68. The second kappa shape index (κ2) is 5.41. The van der Waals surface area contributed by atoms with Crippen molar-refractivity contribution in [2.24, 2.45) is 0 Å². The van der Waals surface area contributed by atoms with Crippen molar-refractivity contribution in [2.75, 3.05) is 0 Å². The molecule has 0 spiro atoms. The van der Waals surface area contributed by atoms with E-state index in [9.17, 15) is 0 Å². The van der Waals surface area contributed by atoms with E-state index in [2.05, 4.69) is 0 Å². The molecule has 7 N–H and O–H groups in total. The molecule has 0 aromatic rings. The fraction of sp³-hybridized carbons (Fsp3) is 0. The first-order chi connectivity index (χ1) is 2.00. The van der Waals surface area contributed by atoms with Crippen LogP contribution in [0.4, 0.5) is 0 Å². The number of rotatable bonds is 0. The Balaban J connectivity index is -0.0000000800. The topological polar surface area (TPSA) is 116 Å². The Hall–Kier alpha value is 1.28. The van der Waals surface area contributed by atoms with E-state index in [1.54, 1.807) is 0 Å². The van der Waals surface area contributed by atoms with Gasteiger partial charge in [-0.1, -0.05) is 0 Å². The van der Waals surface area contributed by atoms with Crippen molar-refractivity contribution in [1.29, 1.82) is 0 Å². The fourth-order valence-corrected chi connectivity index (χ4v) is 0. The van der Waals surface area contributed by atoms with Crippen LogP contribution in [0.3, 0.4) is 0 Å². The van der Waals surface area contributed by atoms with Gasteiger partial charge in [-0.15, -0.1) is 0 Å². The zero-order chi connectivity index (χ0) is 4.50. The summed E-state index contributed by atoms with van der Waals surface area (Å²) in [6.07, 6.45) is 0. The molecule has 0 aromatic heterocycles. The Labute approximate surface area is 71.7 Å². The average Bonchev–Trinajstić information content (AvgIpc) is 0.722. The number of hydrogen-bond donors (Lipinski definition) is 5. The summed E-state index contributed by atoms with van der Waals surface area (Å²) in [5.41, 5.74) is 0. The summed E-state index contributed by atoms with van der Waals surface area (Å²) in [5, 5.41) is 0. The molecule has 0 fully saturated rings. The Morgan fingerprint density at radius 1 is 0.857 bits per heavy atom. The maximum absolute atomic E-state index is 7.33. The van der Waals surface area contributed by atoms with Crippen molar-refractivity contribution in [3.63, 3.8) is 0 Å². The van der Waals surface area contributed by atoms with Crippen molar-refractivity contribution in [2.45, 2.75) is 0 Å². The van der Waals surface area contributed by atoms with Crippen molar-refractivity contribution in [1.82, 2.24) is 6.15 Å². The summed E-state index contributed by atoms with van der Waals surface area (Å²) in [6.45, 7) is 0. The van der Waals surface area contributed by atoms with E-state index in [0.717, 1.165) is 0 Å². The molecule has 0 aliphatic heterocycles. The molecule has 0 rings (SSSR count). The predicted molar refractivity (Wildman–Crippen MR) is 28.2 cm³/mol. The van der Waals surface area contributed by atoms with E-state index in [-0.39, 0.29) is 43.9 Å². The van der Waals surface area contributed by atoms with Crippen LogP contribution in [0.1, 0.15) is 0 Å². The molecule has 0 bridgehead atoms. The second-order valence-corrected chi connectivity index (χ2v) is 1.80. The van der Waals surface area contributed by atoms with E-state index in [1.165, 1.54) is 0 Å². The van der Waals surface area contributed by atoms with Crippen LogP contribution < -0.4 is 6.15 Å². The fourth-order valence-electron chi connectivity index (χ4n) is 0. The van der Waals surface area contributed by atoms with Gasteiger partial charge in [0.25, 0.3) is 0 Å². The molecule has 7 heavy (non-hydrogen) atoms. The van der Waals surface area contributed by atoms with Gasteiger partial charge in [0.15, 0.2) is 0 Å². The molecule has 0 saturated heterocycles. The van der Waals surface area contributed by atoms with Gasteiger partial charge in [0.2, 0.25) is 0 Å². The Kier molecular flexibility index (Phi) is 12.2. The van der Waals surface area contributed by atoms with E-state index in [0.29, 0.717) is 0 Å². The molecule has 7 heteroatoms. The first kappa shape index (κ1) is 15.7. The van der Waals surface area contributed by atoms with E-state index in [4.69, 9.17) is 19.2 Å². The third-order valence-corrected chi connectivity index (χ3v) is 0. The molecular weight excluding hydrogens is 146 g/mol. The molecule has 44 valence electrons. The van der Waals surface area contributed by atoms with Gasteiger partial charge >= 0.3 is 46.8 Å². The molecule has 0 saturated carbocycles. The Morgan fingerprint density at radius 3 is 0.857 bits per heavy atom. The van der Waals surface area contributed by atoms with Crippen molar-refractivity contribution < 1.29 is 19.2 Å². The summed E-state index contributed by atoms with van der Waals surface area (Å²) in [5.74, 6) is 0. The average molecular weight is 155 g/mol. The van der Waals surface area contributed by atoms with Crippen molar-refractivity contribution >= 4 is 46.8 Å². The molecule has 0 aliphatic carbocycles. The quantitative estimate of drug-likeness (QED) is 0.234. The van der Waals surface area contributed by atoms with Gasteiger partial charge in [-0.25, -0.2) is 0 Å². The van der Waals surface area contributed by atoms with Crippen LogP contribution in [0.25, 0.3) is 0 Å². The molecule has 0 aromatic carbocycles.